The van der Waals surface area contributed by atoms with Gasteiger partial charge in [-0.15, -0.1) is 12.4 Å². The molecule has 0 fully saturated rings. The Morgan fingerprint density at radius 3 is 2.44 bits per heavy atom. The Bertz CT molecular complexity index is 985. The van der Waals surface area contributed by atoms with Crippen molar-refractivity contribution in [2.45, 2.75) is 45.4 Å². The molecule has 2 atom stereocenters. The molecule has 11 heteroatoms. The summed E-state index contributed by atoms with van der Waals surface area (Å²) in [5.41, 5.74) is 0.627. The molecule has 1 unspecified atom stereocenters. The van der Waals surface area contributed by atoms with Crippen LogP contribution in [0.25, 0.3) is 0 Å². The Morgan fingerprint density at radius 1 is 1.14 bits per heavy atom. The van der Waals surface area contributed by atoms with Crippen LogP contribution in [0.2, 0.25) is 10.0 Å². The summed E-state index contributed by atoms with van der Waals surface area (Å²) in [7, 11) is 1.73. The lowest BCUT2D eigenvalue weighted by Crippen LogP contribution is -2.43. The highest BCUT2D eigenvalue weighted by Gasteiger charge is 2.27. The lowest BCUT2D eigenvalue weighted by atomic mass is 10.1. The number of aromatic hydroxyl groups is 1. The molecule has 0 heterocycles. The van der Waals surface area contributed by atoms with Crippen molar-refractivity contribution in [3.8, 4) is 11.5 Å². The van der Waals surface area contributed by atoms with E-state index in [1.54, 1.807) is 7.05 Å². The van der Waals surface area contributed by atoms with Gasteiger partial charge in [-0.2, -0.15) is 0 Å². The molecule has 0 aliphatic carbocycles. The minimum atomic E-state index is -1.02. The summed E-state index contributed by atoms with van der Waals surface area (Å²) in [4.78, 5) is 25.8. The number of phenols is 1. The second-order valence-corrected chi connectivity index (χ2v) is 8.45. The molecule has 0 aliphatic heterocycles. The molecule has 2 aromatic carbocycles. The summed E-state index contributed by atoms with van der Waals surface area (Å²) in [6.45, 7) is 4.62. The molecular formula is C25H35Cl3N2O6. The van der Waals surface area contributed by atoms with Crippen molar-refractivity contribution in [3.05, 3.63) is 57.6 Å². The van der Waals surface area contributed by atoms with Crippen molar-refractivity contribution in [2.24, 2.45) is 0 Å². The number of rotatable bonds is 14. The minimum Gasteiger partial charge on any atom is -0.505 e. The molecular weight excluding hydrogens is 531 g/mol. The molecule has 2 aromatic rings. The predicted octanol–water partition coefficient (Wildman–Crippen LogP) is 5.01. The quantitative estimate of drug-likeness (QED) is 0.168. The minimum absolute atomic E-state index is 0. The van der Waals surface area contributed by atoms with Gasteiger partial charge >= 0.3 is 5.97 Å². The van der Waals surface area contributed by atoms with Crippen LogP contribution in [0, 0.1) is 0 Å². The lowest BCUT2D eigenvalue weighted by molar-refractivity contribution is -0.147. The van der Waals surface area contributed by atoms with Crippen molar-refractivity contribution in [1.29, 1.82) is 0 Å². The van der Waals surface area contributed by atoms with Gasteiger partial charge in [-0.25, -0.2) is 4.79 Å². The van der Waals surface area contributed by atoms with Crippen LogP contribution >= 0.6 is 35.6 Å². The third-order valence-corrected chi connectivity index (χ3v) is 5.71. The van der Waals surface area contributed by atoms with Crippen molar-refractivity contribution >= 4 is 47.5 Å². The van der Waals surface area contributed by atoms with Crippen molar-refractivity contribution in [2.75, 3.05) is 26.9 Å². The zero-order valence-electron chi connectivity index (χ0n) is 20.5. The van der Waals surface area contributed by atoms with Gasteiger partial charge in [-0.1, -0.05) is 66.9 Å². The number of carbonyl (C=O) groups excluding carboxylic acids is 2. The number of ether oxygens (including phenoxy) is 3. The topological polar surface area (TPSA) is 106 Å². The average molecular weight is 566 g/mol. The lowest BCUT2D eigenvalue weighted by Gasteiger charge is -2.21. The molecule has 0 bridgehead atoms. The zero-order valence-corrected chi connectivity index (χ0v) is 22.8. The standard InChI is InChI=1S/C25H32Cl2N2O6.ClH.H2/c1-4-9-20(28-3)35-23-18(26)15-17(22(30)21(23)27)24(31)29-19(14-16-10-7-6-8-11-16)25(32)34-13-12-33-5-2;;/h6-8,10-11,15,19-20,28,30H,4-5,9,12-14H2,1-3H3,(H,29,31);2*1H/t19-,20?;;/m0../s1. The van der Waals surface area contributed by atoms with Crippen LogP contribution in [0.5, 0.6) is 11.5 Å². The maximum atomic E-state index is 13.1. The van der Waals surface area contributed by atoms with Gasteiger partial charge in [0.25, 0.3) is 5.91 Å². The molecule has 0 radical (unpaired) electrons. The highest BCUT2D eigenvalue weighted by Crippen LogP contribution is 2.42. The van der Waals surface area contributed by atoms with Gasteiger partial charge in [0.2, 0.25) is 0 Å². The van der Waals surface area contributed by atoms with E-state index in [-0.39, 0.29) is 61.1 Å². The van der Waals surface area contributed by atoms with E-state index in [9.17, 15) is 14.7 Å². The Kier molecular flexibility index (Phi) is 14.6. The summed E-state index contributed by atoms with van der Waals surface area (Å²) in [6.07, 6.45) is 1.33. The van der Waals surface area contributed by atoms with Crippen LogP contribution in [0.15, 0.2) is 36.4 Å². The third-order valence-electron chi connectivity index (χ3n) is 5.08. The fourth-order valence-corrected chi connectivity index (χ4v) is 3.81. The highest BCUT2D eigenvalue weighted by molar-refractivity contribution is 6.39. The molecule has 0 saturated heterocycles. The van der Waals surface area contributed by atoms with Gasteiger partial charge < -0.3 is 24.6 Å². The molecule has 0 aromatic heterocycles. The van der Waals surface area contributed by atoms with E-state index < -0.39 is 23.7 Å². The molecule has 8 nitrogen and oxygen atoms in total. The first-order valence-corrected chi connectivity index (χ1v) is 12.2. The van der Waals surface area contributed by atoms with Crippen molar-refractivity contribution in [3.63, 3.8) is 0 Å². The van der Waals surface area contributed by atoms with Gasteiger partial charge in [0, 0.05) is 14.5 Å². The third kappa shape index (κ3) is 9.33. The smallest absolute Gasteiger partial charge is 0.329 e. The van der Waals surface area contributed by atoms with E-state index >= 15 is 0 Å². The predicted molar refractivity (Wildman–Crippen MR) is 145 cm³/mol. The molecule has 3 N–H and O–H groups in total. The van der Waals surface area contributed by atoms with Crippen molar-refractivity contribution < 1.29 is 30.3 Å². The first kappa shape index (κ1) is 31.8. The second kappa shape index (κ2) is 16.5. The van der Waals surface area contributed by atoms with E-state index in [4.69, 9.17) is 37.4 Å². The number of phenolic OH excluding ortho intramolecular Hbond substituents is 1. The maximum Gasteiger partial charge on any atom is 0.329 e. The van der Waals surface area contributed by atoms with Crippen LogP contribution in [0.1, 0.15) is 44.0 Å². The summed E-state index contributed by atoms with van der Waals surface area (Å²) >= 11 is 12.6. The monoisotopic (exact) mass is 564 g/mol. The van der Waals surface area contributed by atoms with Gasteiger partial charge in [-0.3, -0.25) is 10.1 Å². The summed E-state index contributed by atoms with van der Waals surface area (Å²) in [5, 5.41) is 16.1. The number of benzene rings is 2. The van der Waals surface area contributed by atoms with E-state index in [2.05, 4.69) is 10.6 Å². The molecule has 36 heavy (non-hydrogen) atoms. The summed E-state index contributed by atoms with van der Waals surface area (Å²) < 4.78 is 16.3. The van der Waals surface area contributed by atoms with Crippen LogP contribution in [0.3, 0.4) is 0 Å². The van der Waals surface area contributed by atoms with E-state index in [0.29, 0.717) is 13.0 Å². The normalized spacial score (nSPS) is 12.2. The fourth-order valence-electron chi connectivity index (χ4n) is 3.26. The molecule has 0 spiro atoms. The van der Waals surface area contributed by atoms with Crippen LogP contribution in [-0.4, -0.2) is 56.1 Å². The maximum absolute atomic E-state index is 13.1. The highest BCUT2D eigenvalue weighted by atomic mass is 35.5. The van der Waals surface area contributed by atoms with Gasteiger partial charge in [0.05, 0.1) is 17.2 Å². The van der Waals surface area contributed by atoms with Gasteiger partial charge in [-0.05, 0) is 32.0 Å². The van der Waals surface area contributed by atoms with E-state index in [1.165, 1.54) is 6.07 Å². The number of carbonyl (C=O) groups is 2. The molecule has 0 aliphatic rings. The first-order valence-electron chi connectivity index (χ1n) is 11.5. The van der Waals surface area contributed by atoms with E-state index in [1.807, 2.05) is 44.2 Å². The Balaban J connectivity index is 0.00000648. The number of amides is 1. The van der Waals surface area contributed by atoms with Gasteiger partial charge in [0.15, 0.2) is 11.5 Å². The molecule has 2 rings (SSSR count). The summed E-state index contributed by atoms with van der Waals surface area (Å²) in [6, 6.07) is 9.41. The summed E-state index contributed by atoms with van der Waals surface area (Å²) in [5.74, 6) is -1.81. The zero-order chi connectivity index (χ0) is 25.8. The average Bonchev–Trinajstić information content (AvgIpc) is 2.85. The Morgan fingerprint density at radius 2 is 1.83 bits per heavy atom. The fraction of sp³-hybridized carbons (Fsp3) is 0.440. The molecule has 0 saturated carbocycles. The van der Waals surface area contributed by atoms with Crippen molar-refractivity contribution in [1.82, 2.24) is 10.6 Å². The SMILES string of the molecule is CCCC(NC)Oc1c(Cl)cc(C(=O)N[C@@H](Cc2ccccc2)C(=O)OCCOCC)c(O)c1Cl.Cl.[HH]. The Hall–Kier alpha value is -2.23. The first-order chi connectivity index (χ1) is 16.8. The molecule has 1 amide bonds. The van der Waals surface area contributed by atoms with Crippen LogP contribution < -0.4 is 15.4 Å². The Labute approximate surface area is 229 Å². The van der Waals surface area contributed by atoms with Crippen LogP contribution in [-0.2, 0) is 20.7 Å². The van der Waals surface area contributed by atoms with E-state index in [0.717, 1.165) is 12.0 Å². The second-order valence-electron chi connectivity index (χ2n) is 7.66. The molecule has 202 valence electrons. The number of esters is 1. The van der Waals surface area contributed by atoms with Crippen LogP contribution in [0.4, 0.5) is 0 Å². The number of nitrogens with one attached hydrogen (secondary N) is 2. The number of halogens is 3. The van der Waals surface area contributed by atoms with Gasteiger partial charge in [0.1, 0.15) is 23.9 Å². The number of hydrogen-bond acceptors (Lipinski definition) is 7. The largest absolute Gasteiger partial charge is 0.505 e. The number of hydrogen-bond donors (Lipinski definition) is 3.